The minimum absolute atomic E-state index is 0.0429. The van der Waals surface area contributed by atoms with E-state index in [-0.39, 0.29) is 5.76 Å². The Hall–Kier alpha value is -2.03. The zero-order chi connectivity index (χ0) is 11.5. The summed E-state index contributed by atoms with van der Waals surface area (Å²) in [5, 5.41) is 8.96. The van der Waals surface area contributed by atoms with Crippen molar-refractivity contribution in [1.82, 2.24) is 0 Å². The zero-order valence-corrected chi connectivity index (χ0v) is 8.93. The van der Waals surface area contributed by atoms with Gasteiger partial charge in [0.1, 0.15) is 0 Å². The first-order valence-electron chi connectivity index (χ1n) is 5.13. The quantitative estimate of drug-likeness (QED) is 0.857. The maximum absolute atomic E-state index is 10.9. The van der Waals surface area contributed by atoms with E-state index < -0.39 is 5.97 Å². The molecule has 0 saturated heterocycles. The normalized spacial score (nSPS) is 10.3. The summed E-state index contributed by atoms with van der Waals surface area (Å²) in [5.74, 6) is -0.972. The van der Waals surface area contributed by atoms with Gasteiger partial charge in [-0.05, 0) is 12.0 Å². The number of furan rings is 1. The number of rotatable bonds is 3. The van der Waals surface area contributed by atoms with Crippen LogP contribution in [0.25, 0.3) is 11.1 Å². The van der Waals surface area contributed by atoms with Crippen LogP contribution < -0.4 is 0 Å². The molecule has 0 aliphatic carbocycles. The summed E-state index contributed by atoms with van der Waals surface area (Å²) in [6.07, 6.45) is 2.15. The minimum Gasteiger partial charge on any atom is -0.475 e. The average Bonchev–Trinajstić information content (AvgIpc) is 2.73. The fourth-order valence-electron chi connectivity index (χ4n) is 1.77. The lowest BCUT2D eigenvalue weighted by molar-refractivity contribution is 0.0661. The fraction of sp³-hybridized carbons (Fsp3) is 0.154. The summed E-state index contributed by atoms with van der Waals surface area (Å²) in [4.78, 5) is 10.9. The summed E-state index contributed by atoms with van der Waals surface area (Å²) < 4.78 is 5.10. The predicted octanol–water partition coefficient (Wildman–Crippen LogP) is 3.21. The Morgan fingerprint density at radius 3 is 2.56 bits per heavy atom. The molecule has 3 heteroatoms. The van der Waals surface area contributed by atoms with Crippen molar-refractivity contribution in [2.75, 3.05) is 0 Å². The molecule has 1 aromatic carbocycles. The summed E-state index contributed by atoms with van der Waals surface area (Å²) in [6, 6.07) is 9.64. The van der Waals surface area contributed by atoms with Crippen LogP contribution in [-0.4, -0.2) is 11.1 Å². The third kappa shape index (κ3) is 1.72. The molecule has 1 heterocycles. The van der Waals surface area contributed by atoms with E-state index in [2.05, 4.69) is 0 Å². The highest BCUT2D eigenvalue weighted by molar-refractivity contribution is 5.89. The Balaban J connectivity index is 2.54. The third-order valence-electron chi connectivity index (χ3n) is 2.53. The van der Waals surface area contributed by atoms with Crippen LogP contribution in [0.2, 0.25) is 0 Å². The van der Waals surface area contributed by atoms with Crippen molar-refractivity contribution in [3.05, 3.63) is 47.9 Å². The molecule has 1 N–H and O–H groups in total. The van der Waals surface area contributed by atoms with Gasteiger partial charge >= 0.3 is 5.97 Å². The second-order valence-electron chi connectivity index (χ2n) is 3.48. The van der Waals surface area contributed by atoms with Gasteiger partial charge in [-0.1, -0.05) is 37.3 Å². The highest BCUT2D eigenvalue weighted by atomic mass is 16.4. The van der Waals surface area contributed by atoms with Crippen molar-refractivity contribution in [2.24, 2.45) is 0 Å². The number of carbonyl (C=O) groups is 1. The van der Waals surface area contributed by atoms with E-state index in [1.807, 2.05) is 37.3 Å². The van der Waals surface area contributed by atoms with E-state index in [9.17, 15) is 4.79 Å². The molecule has 0 amide bonds. The summed E-state index contributed by atoms with van der Waals surface area (Å²) in [5.41, 5.74) is 2.59. The van der Waals surface area contributed by atoms with Crippen molar-refractivity contribution < 1.29 is 14.3 Å². The van der Waals surface area contributed by atoms with Gasteiger partial charge in [0.05, 0.1) is 6.26 Å². The first-order chi connectivity index (χ1) is 7.74. The summed E-state index contributed by atoms with van der Waals surface area (Å²) in [7, 11) is 0. The van der Waals surface area contributed by atoms with Crippen molar-refractivity contribution in [2.45, 2.75) is 13.3 Å². The SMILES string of the molecule is CCc1c(-c2ccccc2)coc1C(=O)O. The summed E-state index contributed by atoms with van der Waals surface area (Å²) in [6.45, 7) is 1.92. The van der Waals surface area contributed by atoms with Gasteiger partial charge in [0, 0.05) is 11.1 Å². The van der Waals surface area contributed by atoms with Crippen molar-refractivity contribution >= 4 is 5.97 Å². The molecule has 0 aliphatic heterocycles. The maximum atomic E-state index is 10.9. The van der Waals surface area contributed by atoms with Crippen LogP contribution in [0.1, 0.15) is 23.0 Å². The second kappa shape index (κ2) is 4.23. The molecule has 0 bridgehead atoms. The molecule has 0 radical (unpaired) electrons. The van der Waals surface area contributed by atoms with Crippen molar-refractivity contribution in [3.63, 3.8) is 0 Å². The van der Waals surface area contributed by atoms with Crippen LogP contribution >= 0.6 is 0 Å². The third-order valence-corrected chi connectivity index (χ3v) is 2.53. The Kier molecular flexibility index (Phi) is 2.77. The molecule has 0 spiro atoms. The predicted molar refractivity (Wildman–Crippen MR) is 60.5 cm³/mol. The highest BCUT2D eigenvalue weighted by Crippen LogP contribution is 2.28. The average molecular weight is 216 g/mol. The van der Waals surface area contributed by atoms with E-state index in [1.165, 1.54) is 6.26 Å². The fourth-order valence-corrected chi connectivity index (χ4v) is 1.77. The standard InChI is InChI=1S/C13H12O3/c1-2-10-11(8-16-12(10)13(14)15)9-6-4-3-5-7-9/h3-8H,2H2,1H3,(H,14,15). The number of carboxylic acids is 1. The van der Waals surface area contributed by atoms with Gasteiger partial charge in [-0.2, -0.15) is 0 Å². The van der Waals surface area contributed by atoms with E-state index in [0.29, 0.717) is 6.42 Å². The molecule has 2 rings (SSSR count). The molecule has 0 atom stereocenters. The van der Waals surface area contributed by atoms with Gasteiger partial charge in [0.2, 0.25) is 5.76 Å². The zero-order valence-electron chi connectivity index (χ0n) is 8.93. The number of aromatic carboxylic acids is 1. The monoisotopic (exact) mass is 216 g/mol. The Morgan fingerprint density at radius 1 is 1.31 bits per heavy atom. The number of hydrogen-bond donors (Lipinski definition) is 1. The first kappa shape index (κ1) is 10.5. The molecule has 1 aromatic heterocycles. The molecule has 16 heavy (non-hydrogen) atoms. The van der Waals surface area contributed by atoms with Gasteiger partial charge in [0.25, 0.3) is 0 Å². The van der Waals surface area contributed by atoms with Gasteiger partial charge in [-0.15, -0.1) is 0 Å². The second-order valence-corrected chi connectivity index (χ2v) is 3.48. The van der Waals surface area contributed by atoms with E-state index in [0.717, 1.165) is 16.7 Å². The lowest BCUT2D eigenvalue weighted by Gasteiger charge is -2.00. The Morgan fingerprint density at radius 2 is 2.00 bits per heavy atom. The van der Waals surface area contributed by atoms with E-state index in [4.69, 9.17) is 9.52 Å². The number of carboxylic acid groups (broad SMARTS) is 1. The Bertz CT molecular complexity index is 497. The molecule has 82 valence electrons. The van der Waals surface area contributed by atoms with Crippen LogP contribution in [0.4, 0.5) is 0 Å². The smallest absolute Gasteiger partial charge is 0.372 e. The summed E-state index contributed by atoms with van der Waals surface area (Å²) >= 11 is 0. The lowest BCUT2D eigenvalue weighted by Crippen LogP contribution is -1.98. The molecular formula is C13H12O3. The minimum atomic E-state index is -1.01. The van der Waals surface area contributed by atoms with E-state index in [1.54, 1.807) is 0 Å². The van der Waals surface area contributed by atoms with E-state index >= 15 is 0 Å². The molecule has 0 saturated carbocycles. The molecule has 3 nitrogen and oxygen atoms in total. The molecule has 2 aromatic rings. The van der Waals surface area contributed by atoms with Crippen LogP contribution in [-0.2, 0) is 6.42 Å². The van der Waals surface area contributed by atoms with Crippen LogP contribution in [0, 0.1) is 0 Å². The van der Waals surface area contributed by atoms with Crippen molar-refractivity contribution in [3.8, 4) is 11.1 Å². The van der Waals surface area contributed by atoms with Crippen LogP contribution in [0.15, 0.2) is 41.0 Å². The molecular weight excluding hydrogens is 204 g/mol. The van der Waals surface area contributed by atoms with Crippen LogP contribution in [0.5, 0.6) is 0 Å². The lowest BCUT2D eigenvalue weighted by atomic mass is 10.0. The van der Waals surface area contributed by atoms with Gasteiger partial charge < -0.3 is 9.52 Å². The van der Waals surface area contributed by atoms with Gasteiger partial charge in [-0.25, -0.2) is 4.79 Å². The number of benzene rings is 1. The highest BCUT2D eigenvalue weighted by Gasteiger charge is 2.18. The first-order valence-corrected chi connectivity index (χ1v) is 5.13. The van der Waals surface area contributed by atoms with Gasteiger partial charge in [-0.3, -0.25) is 0 Å². The molecule has 0 unspecified atom stereocenters. The number of hydrogen-bond acceptors (Lipinski definition) is 2. The Labute approximate surface area is 93.3 Å². The maximum Gasteiger partial charge on any atom is 0.372 e. The van der Waals surface area contributed by atoms with Crippen molar-refractivity contribution in [1.29, 1.82) is 0 Å². The molecule has 0 aliphatic rings. The molecule has 0 fully saturated rings. The van der Waals surface area contributed by atoms with Gasteiger partial charge in [0.15, 0.2) is 0 Å². The topological polar surface area (TPSA) is 50.4 Å². The largest absolute Gasteiger partial charge is 0.475 e. The van der Waals surface area contributed by atoms with Crippen LogP contribution in [0.3, 0.4) is 0 Å².